The van der Waals surface area contributed by atoms with Gasteiger partial charge in [0.1, 0.15) is 0 Å². The van der Waals surface area contributed by atoms with Crippen LogP contribution in [-0.4, -0.2) is 67.0 Å². The Kier molecular flexibility index (Phi) is 7.71. The summed E-state index contributed by atoms with van der Waals surface area (Å²) in [6.07, 6.45) is 6.72. The monoisotopic (exact) mass is 624 g/mol. The highest BCUT2D eigenvalue weighted by Crippen LogP contribution is 2.42. The van der Waals surface area contributed by atoms with Crippen LogP contribution in [0.3, 0.4) is 0 Å². The topological polar surface area (TPSA) is 101 Å². The van der Waals surface area contributed by atoms with E-state index >= 15 is 0 Å². The van der Waals surface area contributed by atoms with Crippen LogP contribution >= 0.6 is 0 Å². The zero-order valence-corrected chi connectivity index (χ0v) is 26.0. The summed E-state index contributed by atoms with van der Waals surface area (Å²) in [5.41, 5.74) is 5.70. The number of nitrogens with one attached hydrogen (secondary N) is 1. The average molecular weight is 625 g/mol. The zero-order valence-electron chi connectivity index (χ0n) is 25.2. The molecule has 1 aliphatic carbocycles. The number of anilines is 1. The van der Waals surface area contributed by atoms with E-state index in [0.717, 1.165) is 59.1 Å². The summed E-state index contributed by atoms with van der Waals surface area (Å²) in [5.74, 6) is -0.367. The van der Waals surface area contributed by atoms with Crippen molar-refractivity contribution in [3.63, 3.8) is 0 Å². The molecule has 4 aromatic rings. The van der Waals surface area contributed by atoms with Gasteiger partial charge in [-0.15, -0.1) is 0 Å². The number of benzene rings is 3. The summed E-state index contributed by atoms with van der Waals surface area (Å²) in [6, 6.07) is 21.5. The maximum atomic E-state index is 13.8. The van der Waals surface area contributed by atoms with E-state index < -0.39 is 16.0 Å². The Bertz CT molecular complexity index is 1890. The molecule has 1 fully saturated rings. The Labute approximate surface area is 263 Å². The van der Waals surface area contributed by atoms with Gasteiger partial charge in [-0.2, -0.15) is 8.42 Å². The number of likely N-dealkylation sites (tertiary alicyclic amines) is 1. The van der Waals surface area contributed by atoms with Crippen LogP contribution in [0.4, 0.5) is 10.5 Å². The lowest BCUT2D eigenvalue weighted by molar-refractivity contribution is -0.133. The van der Waals surface area contributed by atoms with Gasteiger partial charge in [0.05, 0.1) is 23.5 Å². The Morgan fingerprint density at radius 1 is 0.956 bits per heavy atom. The van der Waals surface area contributed by atoms with E-state index in [1.165, 1.54) is 0 Å². The predicted molar refractivity (Wildman–Crippen MR) is 173 cm³/mol. The van der Waals surface area contributed by atoms with Gasteiger partial charge in [0.25, 0.3) is 10.1 Å². The minimum absolute atomic E-state index is 0.0200. The number of carbonyl (C=O) groups is 2. The highest BCUT2D eigenvalue weighted by atomic mass is 32.2. The summed E-state index contributed by atoms with van der Waals surface area (Å²) >= 11 is 0. The van der Waals surface area contributed by atoms with Crippen molar-refractivity contribution in [3.05, 3.63) is 102 Å². The number of aromatic nitrogens is 1. The molecule has 3 amide bonds. The third-order valence-electron chi connectivity index (χ3n) is 9.12. The molecule has 3 heterocycles. The fourth-order valence-electron chi connectivity index (χ4n) is 6.89. The molecular weight excluding hydrogens is 588 g/mol. The number of aryl methyl sites for hydroxylation is 1. The van der Waals surface area contributed by atoms with Crippen molar-refractivity contribution in [2.45, 2.75) is 43.7 Å². The largest absolute Gasteiger partial charge is 0.345 e. The maximum absolute atomic E-state index is 13.8. The van der Waals surface area contributed by atoms with Crippen LogP contribution < -0.4 is 5.32 Å². The maximum Gasteiger partial charge on any atom is 0.322 e. The number of nitrogens with zero attached hydrogens (tertiary/aromatic N) is 3. The third-order valence-corrected chi connectivity index (χ3v) is 10.4. The third kappa shape index (κ3) is 5.64. The molecule has 0 saturated carbocycles. The zero-order chi connectivity index (χ0) is 31.1. The normalized spacial score (nSPS) is 19.4. The SMILES string of the molecule is Cc1ccc(S(=O)(=O)OCCn2cc3c4c(cccc42)C2=C[C@@H](C(=O)N4CCCC4)CN(C(=O)Nc4ccccc4)[C@@H]2C3)cc1. The number of para-hydroxylation sites is 1. The van der Waals surface area contributed by atoms with Crippen molar-refractivity contribution in [3.8, 4) is 0 Å². The lowest BCUT2D eigenvalue weighted by Crippen LogP contribution is -2.52. The Balaban J connectivity index is 1.19. The predicted octanol–water partition coefficient (Wildman–Crippen LogP) is 5.45. The molecule has 0 radical (unpaired) electrons. The number of carbonyl (C=O) groups excluding carboxylic acids is 2. The van der Waals surface area contributed by atoms with Crippen molar-refractivity contribution in [1.29, 1.82) is 0 Å². The fraction of sp³-hybridized carbons (Fsp3) is 0.314. The van der Waals surface area contributed by atoms with Gasteiger partial charge in [-0.25, -0.2) is 4.79 Å². The summed E-state index contributed by atoms with van der Waals surface area (Å²) < 4.78 is 33.0. The van der Waals surface area contributed by atoms with Crippen LogP contribution in [0.15, 0.2) is 90.0 Å². The first kappa shape index (κ1) is 29.3. The lowest BCUT2D eigenvalue weighted by atomic mass is 9.79. The summed E-state index contributed by atoms with van der Waals surface area (Å²) in [6.45, 7) is 4.03. The number of urea groups is 1. The first-order valence-corrected chi connectivity index (χ1v) is 16.9. The molecule has 3 aromatic carbocycles. The molecule has 1 N–H and O–H groups in total. The number of fused-ring (bicyclic) bond motifs is 2. The average Bonchev–Trinajstić information content (AvgIpc) is 3.71. The molecule has 2 atom stereocenters. The van der Waals surface area contributed by atoms with E-state index in [2.05, 4.69) is 17.5 Å². The van der Waals surface area contributed by atoms with E-state index in [-0.39, 0.29) is 29.5 Å². The molecule has 3 aliphatic rings. The molecule has 1 aromatic heterocycles. The Morgan fingerprint density at radius 3 is 2.47 bits per heavy atom. The van der Waals surface area contributed by atoms with Gasteiger partial charge >= 0.3 is 6.03 Å². The van der Waals surface area contributed by atoms with E-state index in [4.69, 9.17) is 4.18 Å². The van der Waals surface area contributed by atoms with Crippen molar-refractivity contribution in [2.24, 2.45) is 5.92 Å². The summed E-state index contributed by atoms with van der Waals surface area (Å²) in [5, 5.41) is 4.11. The van der Waals surface area contributed by atoms with Gasteiger partial charge < -0.3 is 19.7 Å². The Hall–Kier alpha value is -4.41. The van der Waals surface area contributed by atoms with Gasteiger partial charge in [0.2, 0.25) is 5.91 Å². The van der Waals surface area contributed by atoms with E-state index in [0.29, 0.717) is 25.2 Å². The molecule has 9 nitrogen and oxygen atoms in total. The van der Waals surface area contributed by atoms with Crippen LogP contribution in [-0.2, 0) is 32.1 Å². The smallest absolute Gasteiger partial charge is 0.322 e. The first-order chi connectivity index (χ1) is 21.8. The van der Waals surface area contributed by atoms with E-state index in [9.17, 15) is 18.0 Å². The number of amides is 3. The highest BCUT2D eigenvalue weighted by Gasteiger charge is 2.41. The molecule has 1 saturated heterocycles. The number of rotatable bonds is 7. The van der Waals surface area contributed by atoms with E-state index in [1.807, 2.05) is 70.0 Å². The molecular formula is C35H36N4O5S. The van der Waals surface area contributed by atoms with Crippen molar-refractivity contribution in [2.75, 3.05) is 31.6 Å². The quantitative estimate of drug-likeness (QED) is 0.276. The second-order valence-corrected chi connectivity index (χ2v) is 13.7. The minimum atomic E-state index is -3.89. The highest BCUT2D eigenvalue weighted by molar-refractivity contribution is 7.86. The number of hydrogen-bond donors (Lipinski definition) is 1. The molecule has 7 rings (SSSR count). The van der Waals surface area contributed by atoms with Crippen molar-refractivity contribution >= 4 is 44.2 Å². The standard InChI is InChI=1S/C35H36N4O5S/c1-24-12-14-28(15-13-24)45(42,43)44-19-18-38-22-25-21-32-30(29-10-7-11-31(38)33(25)29)20-26(34(40)37-16-5-6-17-37)23-39(32)35(41)36-27-8-3-2-4-9-27/h2-4,7-15,20,22,26,32H,5-6,16-19,21,23H2,1H3,(H,36,41)/t26-,32-/m1/s1. The van der Waals surface area contributed by atoms with Gasteiger partial charge in [0, 0.05) is 49.0 Å². The molecule has 45 heavy (non-hydrogen) atoms. The van der Waals surface area contributed by atoms with Crippen LogP contribution in [0.5, 0.6) is 0 Å². The molecule has 10 heteroatoms. The summed E-state index contributed by atoms with van der Waals surface area (Å²) in [7, 11) is -3.89. The van der Waals surface area contributed by atoms with Crippen LogP contribution in [0.1, 0.15) is 29.5 Å². The van der Waals surface area contributed by atoms with Gasteiger partial charge in [-0.05, 0) is 73.2 Å². The second-order valence-electron chi connectivity index (χ2n) is 12.1. The van der Waals surface area contributed by atoms with E-state index in [1.54, 1.807) is 24.3 Å². The Morgan fingerprint density at radius 2 is 1.71 bits per heavy atom. The molecule has 0 unspecified atom stereocenters. The van der Waals surface area contributed by atoms with Gasteiger partial charge in [0.15, 0.2) is 0 Å². The van der Waals surface area contributed by atoms with Crippen LogP contribution in [0, 0.1) is 12.8 Å². The van der Waals surface area contributed by atoms with Gasteiger partial charge in [-0.3, -0.25) is 8.98 Å². The van der Waals surface area contributed by atoms with Gasteiger partial charge in [-0.1, -0.05) is 54.1 Å². The first-order valence-electron chi connectivity index (χ1n) is 15.5. The second kappa shape index (κ2) is 11.8. The van der Waals surface area contributed by atoms with Crippen LogP contribution in [0.25, 0.3) is 16.5 Å². The molecule has 0 bridgehead atoms. The lowest BCUT2D eigenvalue weighted by Gasteiger charge is -2.42. The summed E-state index contributed by atoms with van der Waals surface area (Å²) in [4.78, 5) is 31.4. The molecule has 232 valence electrons. The fourth-order valence-corrected chi connectivity index (χ4v) is 7.79. The van der Waals surface area contributed by atoms with Crippen molar-refractivity contribution < 1.29 is 22.2 Å². The molecule has 2 aliphatic heterocycles. The van der Waals surface area contributed by atoms with Crippen LogP contribution in [0.2, 0.25) is 0 Å². The molecule has 0 spiro atoms. The minimum Gasteiger partial charge on any atom is -0.345 e. The van der Waals surface area contributed by atoms with Crippen molar-refractivity contribution in [1.82, 2.24) is 14.4 Å². The number of hydrogen-bond acceptors (Lipinski definition) is 5.